The van der Waals surface area contributed by atoms with Crippen LogP contribution in [0.4, 0.5) is 0 Å². The summed E-state index contributed by atoms with van der Waals surface area (Å²) in [5.41, 5.74) is 1.77. The average molecular weight is 523 g/mol. The van der Waals surface area contributed by atoms with E-state index in [0.29, 0.717) is 28.4 Å². The van der Waals surface area contributed by atoms with Crippen LogP contribution in [0, 0.1) is 0 Å². The monoisotopic (exact) mass is 522 g/mol. The largest absolute Gasteiger partial charge is 0.497 e. The number of carbonyl (C=O) groups is 1. The normalized spacial score (nSPS) is 14.1. The molecule has 0 aliphatic carbocycles. The molecule has 184 valence electrons. The molecule has 4 aromatic rings. The molecule has 8 nitrogen and oxygen atoms in total. The first-order valence-corrected chi connectivity index (χ1v) is 12.6. The molecule has 1 amide bonds. The van der Waals surface area contributed by atoms with Gasteiger partial charge in [-0.2, -0.15) is 0 Å². The molecule has 0 spiro atoms. The highest BCUT2D eigenvalue weighted by atomic mass is 35.5. The Balaban J connectivity index is 1.29. The minimum atomic E-state index is -0.241. The molecule has 10 heteroatoms. The number of hydrogen-bond donors (Lipinski definition) is 1. The molecule has 1 atom stereocenters. The van der Waals surface area contributed by atoms with E-state index in [1.54, 1.807) is 19.2 Å². The van der Waals surface area contributed by atoms with Gasteiger partial charge < -0.3 is 19.5 Å². The second kappa shape index (κ2) is 10.9. The molecule has 5 rings (SSSR count). The number of ether oxygens (including phenoxy) is 3. The quantitative estimate of drug-likeness (QED) is 0.314. The number of halogens is 1. The average Bonchev–Trinajstić information content (AvgIpc) is 3.51. The number of fused-ring (bicyclic) bond motifs is 1. The van der Waals surface area contributed by atoms with Gasteiger partial charge in [0.1, 0.15) is 30.5 Å². The lowest BCUT2D eigenvalue weighted by Crippen LogP contribution is -2.30. The summed E-state index contributed by atoms with van der Waals surface area (Å²) in [4.78, 5) is 12.8. The molecule has 0 radical (unpaired) electrons. The number of para-hydroxylation sites is 2. The van der Waals surface area contributed by atoms with Crippen molar-refractivity contribution in [3.8, 4) is 22.9 Å². The van der Waals surface area contributed by atoms with Crippen molar-refractivity contribution in [3.63, 3.8) is 0 Å². The van der Waals surface area contributed by atoms with Crippen LogP contribution in [0.3, 0.4) is 0 Å². The molecule has 1 aliphatic rings. The predicted molar refractivity (Wildman–Crippen MR) is 137 cm³/mol. The Hall–Kier alpha value is -3.69. The van der Waals surface area contributed by atoms with Gasteiger partial charge in [0.2, 0.25) is 5.91 Å². The van der Waals surface area contributed by atoms with Crippen LogP contribution in [-0.2, 0) is 11.4 Å². The molecule has 0 saturated carbocycles. The molecule has 0 bridgehead atoms. The summed E-state index contributed by atoms with van der Waals surface area (Å²) >= 11 is 7.52. The summed E-state index contributed by atoms with van der Waals surface area (Å²) < 4.78 is 18.8. The Bertz CT molecular complexity index is 1370. The van der Waals surface area contributed by atoms with E-state index < -0.39 is 0 Å². The number of aromatic nitrogens is 3. The van der Waals surface area contributed by atoms with Crippen molar-refractivity contribution < 1.29 is 19.0 Å². The number of nitrogens with zero attached hydrogens (tertiary/aromatic N) is 3. The van der Waals surface area contributed by atoms with Gasteiger partial charge in [0.05, 0.1) is 23.9 Å². The van der Waals surface area contributed by atoms with Crippen molar-refractivity contribution in [3.05, 3.63) is 89.2 Å². The molecule has 36 heavy (non-hydrogen) atoms. The summed E-state index contributed by atoms with van der Waals surface area (Å²) in [6.45, 7) is 0.541. The second-order valence-corrected chi connectivity index (χ2v) is 9.26. The zero-order chi connectivity index (χ0) is 24.9. The van der Waals surface area contributed by atoms with Crippen LogP contribution in [0.15, 0.2) is 78.0 Å². The van der Waals surface area contributed by atoms with E-state index in [4.69, 9.17) is 25.8 Å². The number of nitrogens with one attached hydrogen (secondary N) is 1. The van der Waals surface area contributed by atoms with Crippen LogP contribution in [0.2, 0.25) is 5.02 Å². The number of benzene rings is 3. The van der Waals surface area contributed by atoms with E-state index in [9.17, 15) is 4.79 Å². The van der Waals surface area contributed by atoms with Crippen molar-refractivity contribution in [1.29, 1.82) is 0 Å². The number of rotatable bonds is 9. The van der Waals surface area contributed by atoms with E-state index in [-0.39, 0.29) is 24.3 Å². The van der Waals surface area contributed by atoms with Crippen molar-refractivity contribution in [2.75, 3.05) is 19.5 Å². The van der Waals surface area contributed by atoms with Gasteiger partial charge in [0.25, 0.3) is 0 Å². The van der Waals surface area contributed by atoms with E-state index in [1.165, 1.54) is 11.8 Å². The van der Waals surface area contributed by atoms with Gasteiger partial charge >= 0.3 is 0 Å². The minimum Gasteiger partial charge on any atom is -0.497 e. The summed E-state index contributed by atoms with van der Waals surface area (Å²) in [6.07, 6.45) is 0. The van der Waals surface area contributed by atoms with Crippen LogP contribution in [0.25, 0.3) is 5.69 Å². The SMILES string of the molecule is COc1ccc2c(c1)[C@H](NC(=O)CSc1nnc(COc3ccccc3Cl)n1-c1ccccc1)CO2. The maximum atomic E-state index is 12.8. The van der Waals surface area contributed by atoms with Crippen LogP contribution < -0.4 is 19.5 Å². The van der Waals surface area contributed by atoms with Crippen LogP contribution in [0.5, 0.6) is 17.2 Å². The third-order valence-corrected chi connectivity index (χ3v) is 6.81. The molecule has 0 saturated heterocycles. The zero-order valence-corrected chi connectivity index (χ0v) is 21.0. The Morgan fingerprint density at radius 3 is 2.75 bits per heavy atom. The maximum Gasteiger partial charge on any atom is 0.231 e. The lowest BCUT2D eigenvalue weighted by Gasteiger charge is -2.13. The van der Waals surface area contributed by atoms with E-state index in [0.717, 1.165) is 22.7 Å². The van der Waals surface area contributed by atoms with Crippen LogP contribution >= 0.6 is 23.4 Å². The Morgan fingerprint density at radius 1 is 1.14 bits per heavy atom. The molecule has 1 N–H and O–H groups in total. The molecule has 0 unspecified atom stereocenters. The molecule has 2 heterocycles. The third kappa shape index (κ3) is 5.27. The number of hydrogen-bond acceptors (Lipinski definition) is 7. The van der Waals surface area contributed by atoms with Gasteiger partial charge in [-0.1, -0.05) is 53.7 Å². The van der Waals surface area contributed by atoms with Crippen molar-refractivity contribution >= 4 is 29.3 Å². The Labute approximate surface area is 217 Å². The van der Waals surface area contributed by atoms with Gasteiger partial charge in [-0.25, -0.2) is 0 Å². The molecular formula is C26H23ClN4O4S. The number of thioether (sulfide) groups is 1. The minimum absolute atomic E-state index is 0.138. The van der Waals surface area contributed by atoms with Gasteiger partial charge in [-0.3, -0.25) is 9.36 Å². The standard InChI is InChI=1S/C26H23ClN4O4S/c1-33-18-11-12-22-19(13-18)21(14-34-22)28-25(32)16-36-26-30-29-24(31(26)17-7-3-2-4-8-17)15-35-23-10-6-5-9-20(23)27/h2-13,21H,14-16H2,1H3,(H,28,32)/t21-/m1/s1. The fourth-order valence-corrected chi connectivity index (χ4v) is 4.81. The smallest absolute Gasteiger partial charge is 0.231 e. The Kier molecular flexibility index (Phi) is 7.29. The number of methoxy groups -OCH3 is 1. The fourth-order valence-electron chi connectivity index (χ4n) is 3.83. The zero-order valence-electron chi connectivity index (χ0n) is 19.4. The summed E-state index contributed by atoms with van der Waals surface area (Å²) in [6, 6.07) is 22.3. The van der Waals surface area contributed by atoms with Gasteiger partial charge in [-0.05, 0) is 42.5 Å². The lowest BCUT2D eigenvalue weighted by molar-refractivity contribution is -0.119. The first-order chi connectivity index (χ1) is 17.6. The second-order valence-electron chi connectivity index (χ2n) is 7.91. The first kappa shape index (κ1) is 24.0. The van der Waals surface area contributed by atoms with Gasteiger partial charge in [0, 0.05) is 11.3 Å². The fraction of sp³-hybridized carbons (Fsp3) is 0.192. The summed E-state index contributed by atoms with van der Waals surface area (Å²) in [5, 5.41) is 12.8. The predicted octanol–water partition coefficient (Wildman–Crippen LogP) is 4.85. The summed E-state index contributed by atoms with van der Waals surface area (Å²) in [5.74, 6) is 2.64. The molecule has 1 aliphatic heterocycles. The number of amides is 1. The first-order valence-electron chi connectivity index (χ1n) is 11.2. The maximum absolute atomic E-state index is 12.8. The highest BCUT2D eigenvalue weighted by Crippen LogP contribution is 2.35. The van der Waals surface area contributed by atoms with Gasteiger partial charge in [0.15, 0.2) is 11.0 Å². The highest BCUT2D eigenvalue weighted by Gasteiger charge is 2.26. The Morgan fingerprint density at radius 2 is 1.94 bits per heavy atom. The van der Waals surface area contributed by atoms with Crippen LogP contribution in [-0.4, -0.2) is 40.1 Å². The van der Waals surface area contributed by atoms with E-state index in [1.807, 2.05) is 65.2 Å². The van der Waals surface area contributed by atoms with Gasteiger partial charge in [-0.15, -0.1) is 10.2 Å². The number of carbonyl (C=O) groups excluding carboxylic acids is 1. The van der Waals surface area contributed by atoms with Crippen LogP contribution in [0.1, 0.15) is 17.4 Å². The molecule has 0 fully saturated rings. The van der Waals surface area contributed by atoms with E-state index >= 15 is 0 Å². The third-order valence-electron chi connectivity index (χ3n) is 5.57. The van der Waals surface area contributed by atoms with Crippen molar-refractivity contribution in [1.82, 2.24) is 20.1 Å². The summed E-state index contributed by atoms with van der Waals surface area (Å²) in [7, 11) is 1.61. The lowest BCUT2D eigenvalue weighted by atomic mass is 10.1. The molecule has 1 aromatic heterocycles. The van der Waals surface area contributed by atoms with E-state index in [2.05, 4.69) is 15.5 Å². The molecular weight excluding hydrogens is 500 g/mol. The van der Waals surface area contributed by atoms with Crippen molar-refractivity contribution in [2.45, 2.75) is 17.8 Å². The molecule has 3 aromatic carbocycles. The van der Waals surface area contributed by atoms with Crippen molar-refractivity contribution in [2.24, 2.45) is 0 Å². The highest BCUT2D eigenvalue weighted by molar-refractivity contribution is 7.99. The topological polar surface area (TPSA) is 87.5 Å².